The van der Waals surface area contributed by atoms with Gasteiger partial charge in [-0.3, -0.25) is 4.72 Å². The molecule has 0 bridgehead atoms. The van der Waals surface area contributed by atoms with Crippen molar-refractivity contribution < 1.29 is 18.3 Å². The summed E-state index contributed by atoms with van der Waals surface area (Å²) in [6.07, 6.45) is 0. The van der Waals surface area contributed by atoms with Crippen molar-refractivity contribution in [3.05, 3.63) is 44.2 Å². The molecule has 1 heterocycles. The minimum atomic E-state index is -3.77. The van der Waals surface area contributed by atoms with E-state index in [9.17, 15) is 13.2 Å². The summed E-state index contributed by atoms with van der Waals surface area (Å²) in [5.41, 5.74) is 0.0797. The van der Waals surface area contributed by atoms with Gasteiger partial charge in [-0.15, -0.1) is 11.3 Å². The molecule has 0 saturated carbocycles. The number of sulfonamides is 1. The Bertz CT molecular complexity index is 707. The zero-order chi connectivity index (χ0) is 14.0. The lowest BCUT2D eigenvalue weighted by molar-refractivity contribution is 0.0703. The Hall–Kier alpha value is -1.13. The lowest BCUT2D eigenvalue weighted by Crippen LogP contribution is -2.14. The van der Waals surface area contributed by atoms with E-state index < -0.39 is 16.0 Å². The second-order valence-corrected chi connectivity index (χ2v) is 7.37. The summed E-state index contributed by atoms with van der Waals surface area (Å²) in [7, 11) is -3.77. The second-order valence-electron chi connectivity index (χ2n) is 3.53. The molecule has 1 aromatic carbocycles. The summed E-state index contributed by atoms with van der Waals surface area (Å²) in [6, 6.07) is 7.70. The van der Waals surface area contributed by atoms with Crippen molar-refractivity contribution in [2.24, 2.45) is 0 Å². The van der Waals surface area contributed by atoms with Crippen molar-refractivity contribution in [1.82, 2.24) is 0 Å². The van der Waals surface area contributed by atoms with Gasteiger partial charge >= 0.3 is 5.97 Å². The van der Waals surface area contributed by atoms with Crippen molar-refractivity contribution in [3.8, 4) is 0 Å². The summed E-state index contributed by atoms with van der Waals surface area (Å²) in [5.74, 6) is -1.16. The van der Waals surface area contributed by atoms with Crippen LogP contribution in [0.4, 0.5) is 5.69 Å². The molecule has 0 aliphatic heterocycles. The molecule has 5 nitrogen and oxygen atoms in total. The molecule has 8 heteroatoms. The molecule has 0 fully saturated rings. The van der Waals surface area contributed by atoms with E-state index in [1.165, 1.54) is 23.6 Å². The predicted octanol–water partition coefficient (Wildman–Crippen LogP) is 2.85. The molecule has 0 saturated heterocycles. The Kier molecular flexibility index (Phi) is 4.11. The highest BCUT2D eigenvalue weighted by Gasteiger charge is 2.19. The van der Waals surface area contributed by atoms with Gasteiger partial charge < -0.3 is 5.11 Å². The Morgan fingerprint density at radius 2 is 1.84 bits per heavy atom. The van der Waals surface area contributed by atoms with Crippen LogP contribution < -0.4 is 4.72 Å². The number of hydrogen-bond acceptors (Lipinski definition) is 4. The van der Waals surface area contributed by atoms with Gasteiger partial charge in [-0.2, -0.15) is 0 Å². The number of aromatic carboxylic acids is 1. The molecule has 0 atom stereocenters. The van der Waals surface area contributed by atoms with Gasteiger partial charge in [0.15, 0.2) is 0 Å². The van der Waals surface area contributed by atoms with Crippen molar-refractivity contribution >= 4 is 55.6 Å². The maximum Gasteiger partial charge on any atom is 0.348 e. The average molecular weight is 409 g/mol. The van der Waals surface area contributed by atoms with Gasteiger partial charge in [0.2, 0.25) is 0 Å². The molecule has 2 N–H and O–H groups in total. The van der Waals surface area contributed by atoms with Crippen LogP contribution >= 0.6 is 33.9 Å². The van der Waals surface area contributed by atoms with Crippen molar-refractivity contribution in [1.29, 1.82) is 0 Å². The Morgan fingerprint density at radius 1 is 1.21 bits per heavy atom. The zero-order valence-corrected chi connectivity index (χ0v) is 13.1. The minimum Gasteiger partial charge on any atom is -0.477 e. The average Bonchev–Trinajstić information content (AvgIpc) is 2.77. The SMILES string of the molecule is O=C(O)c1sccc1NS(=O)(=O)c1ccc(I)cc1. The van der Waals surface area contributed by atoms with Crippen LogP contribution in [0.5, 0.6) is 0 Å². The highest BCUT2D eigenvalue weighted by molar-refractivity contribution is 14.1. The molecule has 0 amide bonds. The monoisotopic (exact) mass is 409 g/mol. The molecular weight excluding hydrogens is 401 g/mol. The van der Waals surface area contributed by atoms with Crippen LogP contribution in [0.3, 0.4) is 0 Å². The maximum absolute atomic E-state index is 12.1. The van der Waals surface area contributed by atoms with Crippen LogP contribution in [-0.4, -0.2) is 19.5 Å². The Balaban J connectivity index is 2.34. The standard InChI is InChI=1S/C11H8INO4S2/c12-7-1-3-8(4-2-7)19(16,17)13-9-5-6-18-10(9)11(14)15/h1-6,13H,(H,14,15). The zero-order valence-electron chi connectivity index (χ0n) is 9.33. The van der Waals surface area contributed by atoms with E-state index >= 15 is 0 Å². The number of anilines is 1. The van der Waals surface area contributed by atoms with Gasteiger partial charge in [-0.05, 0) is 58.3 Å². The fraction of sp³-hybridized carbons (Fsp3) is 0. The molecule has 0 aliphatic rings. The van der Waals surface area contributed by atoms with Crippen LogP contribution in [0.25, 0.3) is 0 Å². The fourth-order valence-corrected chi connectivity index (χ4v) is 3.56. The van der Waals surface area contributed by atoms with Gasteiger partial charge in [-0.25, -0.2) is 13.2 Å². The number of carboxylic acid groups (broad SMARTS) is 1. The van der Waals surface area contributed by atoms with Crippen molar-refractivity contribution in [2.45, 2.75) is 4.90 Å². The van der Waals surface area contributed by atoms with Gasteiger partial charge in [0.1, 0.15) is 4.88 Å². The number of rotatable bonds is 4. The largest absolute Gasteiger partial charge is 0.477 e. The van der Waals surface area contributed by atoms with Crippen LogP contribution in [0.15, 0.2) is 40.6 Å². The van der Waals surface area contributed by atoms with E-state index in [0.717, 1.165) is 14.9 Å². The number of halogens is 1. The third-order valence-corrected chi connectivity index (χ3v) is 5.23. The van der Waals surface area contributed by atoms with Gasteiger partial charge in [0, 0.05) is 3.57 Å². The van der Waals surface area contributed by atoms with E-state index in [1.807, 2.05) is 0 Å². The van der Waals surface area contributed by atoms with Crippen molar-refractivity contribution in [3.63, 3.8) is 0 Å². The topological polar surface area (TPSA) is 83.5 Å². The van der Waals surface area contributed by atoms with Gasteiger partial charge in [-0.1, -0.05) is 0 Å². The number of nitrogens with one attached hydrogen (secondary N) is 1. The Morgan fingerprint density at radius 3 is 2.42 bits per heavy atom. The summed E-state index contributed by atoms with van der Waals surface area (Å²) in [6.45, 7) is 0. The molecule has 100 valence electrons. The molecule has 2 aromatic rings. The van der Waals surface area contributed by atoms with E-state index in [-0.39, 0.29) is 15.5 Å². The van der Waals surface area contributed by atoms with E-state index in [4.69, 9.17) is 5.11 Å². The molecular formula is C11H8INO4S2. The number of thiophene rings is 1. The molecule has 19 heavy (non-hydrogen) atoms. The van der Waals surface area contributed by atoms with Crippen LogP contribution in [0, 0.1) is 3.57 Å². The molecule has 0 radical (unpaired) electrons. The van der Waals surface area contributed by atoms with E-state index in [0.29, 0.717) is 0 Å². The smallest absolute Gasteiger partial charge is 0.348 e. The third kappa shape index (κ3) is 3.25. The first-order valence-corrected chi connectivity index (χ1v) is 8.43. The molecule has 0 aliphatic carbocycles. The Labute approximate surface area is 127 Å². The number of hydrogen-bond donors (Lipinski definition) is 2. The van der Waals surface area contributed by atoms with Gasteiger partial charge in [0.05, 0.1) is 10.6 Å². The second kappa shape index (κ2) is 5.47. The summed E-state index contributed by atoms with van der Waals surface area (Å²) < 4.78 is 27.4. The highest BCUT2D eigenvalue weighted by Crippen LogP contribution is 2.25. The van der Waals surface area contributed by atoms with Crippen LogP contribution in [0.2, 0.25) is 0 Å². The fourth-order valence-electron chi connectivity index (χ4n) is 1.37. The number of benzene rings is 1. The van der Waals surface area contributed by atoms with E-state index in [2.05, 4.69) is 27.3 Å². The highest BCUT2D eigenvalue weighted by atomic mass is 127. The predicted molar refractivity (Wildman–Crippen MR) is 81.2 cm³/mol. The first kappa shape index (κ1) is 14.3. The molecule has 1 aromatic heterocycles. The lowest BCUT2D eigenvalue weighted by atomic mass is 10.4. The van der Waals surface area contributed by atoms with Crippen LogP contribution in [-0.2, 0) is 10.0 Å². The number of carbonyl (C=O) groups is 1. The molecule has 0 unspecified atom stereocenters. The van der Waals surface area contributed by atoms with Crippen LogP contribution in [0.1, 0.15) is 9.67 Å². The van der Waals surface area contributed by atoms with Crippen molar-refractivity contribution in [2.75, 3.05) is 4.72 Å². The first-order chi connectivity index (χ1) is 8.90. The summed E-state index contributed by atoms with van der Waals surface area (Å²) in [5, 5.41) is 10.5. The first-order valence-electron chi connectivity index (χ1n) is 4.99. The normalized spacial score (nSPS) is 11.2. The van der Waals surface area contributed by atoms with Gasteiger partial charge in [0.25, 0.3) is 10.0 Å². The summed E-state index contributed by atoms with van der Waals surface area (Å²) >= 11 is 3.04. The maximum atomic E-state index is 12.1. The quantitative estimate of drug-likeness (QED) is 0.761. The minimum absolute atomic E-state index is 0.0333. The lowest BCUT2D eigenvalue weighted by Gasteiger charge is -2.07. The summed E-state index contributed by atoms with van der Waals surface area (Å²) in [4.78, 5) is 11.0. The van der Waals surface area contributed by atoms with E-state index in [1.54, 1.807) is 12.1 Å². The number of carboxylic acids is 1. The third-order valence-electron chi connectivity index (χ3n) is 2.23. The molecule has 2 rings (SSSR count). The molecule has 0 spiro atoms.